The van der Waals surface area contributed by atoms with Gasteiger partial charge in [0.25, 0.3) is 0 Å². The van der Waals surface area contributed by atoms with Crippen LogP contribution in [-0.4, -0.2) is 48.2 Å². The Balaban J connectivity index is 1.26. The molecule has 0 aliphatic carbocycles. The summed E-state index contributed by atoms with van der Waals surface area (Å²) in [5.41, 5.74) is 2.18. The standard InChI is InChI=1S/C30H32FN3O4/c31-23-11-12-26-25(19-23)30(38-29(37)33-26)14-17-34(18-15-30)16-13-24(21-7-3-1-4-8-21)28(36)32-27(20-35)22-9-5-2-6-10-22/h1-12,19,24,27,35H,13-18,20H2,(H,32,36)(H,33,37)/t24?,27-/m0/s1. The minimum Gasteiger partial charge on any atom is -0.438 e. The Hall–Kier alpha value is -3.75. The number of ether oxygens (including phenoxy) is 1. The van der Waals surface area contributed by atoms with Crippen molar-refractivity contribution < 1.29 is 23.8 Å². The largest absolute Gasteiger partial charge is 0.438 e. The van der Waals surface area contributed by atoms with Crippen molar-refractivity contribution in [3.63, 3.8) is 0 Å². The highest BCUT2D eigenvalue weighted by Gasteiger charge is 2.44. The number of aliphatic hydroxyl groups is 1. The lowest BCUT2D eigenvalue weighted by Crippen LogP contribution is -2.48. The molecular weight excluding hydrogens is 485 g/mol. The zero-order valence-corrected chi connectivity index (χ0v) is 21.1. The van der Waals surface area contributed by atoms with Gasteiger partial charge in [0, 0.05) is 31.5 Å². The van der Waals surface area contributed by atoms with Crippen LogP contribution in [0.25, 0.3) is 0 Å². The number of nitrogens with zero attached hydrogens (tertiary/aromatic N) is 1. The molecule has 1 unspecified atom stereocenters. The first-order valence-corrected chi connectivity index (χ1v) is 13.0. The highest BCUT2D eigenvalue weighted by Crippen LogP contribution is 2.43. The molecule has 38 heavy (non-hydrogen) atoms. The number of nitrogens with one attached hydrogen (secondary N) is 2. The average molecular weight is 518 g/mol. The number of hydrogen-bond donors (Lipinski definition) is 3. The highest BCUT2D eigenvalue weighted by molar-refractivity contribution is 5.89. The molecule has 5 rings (SSSR count). The zero-order chi connectivity index (χ0) is 26.5. The van der Waals surface area contributed by atoms with Gasteiger partial charge in [-0.1, -0.05) is 60.7 Å². The Labute approximate surface area is 221 Å². The number of piperidine rings is 1. The molecule has 1 spiro atoms. The molecule has 1 fully saturated rings. The lowest BCUT2D eigenvalue weighted by molar-refractivity contribution is -0.124. The maximum Gasteiger partial charge on any atom is 0.412 e. The molecular formula is C30H32FN3O4. The van der Waals surface area contributed by atoms with E-state index in [0.29, 0.717) is 50.1 Å². The van der Waals surface area contributed by atoms with E-state index in [0.717, 1.165) is 11.1 Å². The van der Waals surface area contributed by atoms with Crippen LogP contribution >= 0.6 is 0 Å². The van der Waals surface area contributed by atoms with E-state index in [2.05, 4.69) is 15.5 Å². The van der Waals surface area contributed by atoms with Gasteiger partial charge in [-0.15, -0.1) is 0 Å². The molecule has 3 N–H and O–H groups in total. The lowest BCUT2D eigenvalue weighted by Gasteiger charge is -2.44. The first-order chi connectivity index (χ1) is 18.5. The highest BCUT2D eigenvalue weighted by atomic mass is 19.1. The minimum atomic E-state index is -0.851. The van der Waals surface area contributed by atoms with Gasteiger partial charge in [-0.05, 0) is 42.3 Å². The van der Waals surface area contributed by atoms with Crippen LogP contribution in [0.3, 0.4) is 0 Å². The summed E-state index contributed by atoms with van der Waals surface area (Å²) in [4.78, 5) is 27.9. The Morgan fingerprint density at radius 1 is 1.03 bits per heavy atom. The van der Waals surface area contributed by atoms with Crippen molar-refractivity contribution in [1.29, 1.82) is 0 Å². The van der Waals surface area contributed by atoms with Crippen molar-refractivity contribution in [3.8, 4) is 0 Å². The summed E-state index contributed by atoms with van der Waals surface area (Å²) >= 11 is 0. The number of halogens is 1. The summed E-state index contributed by atoms with van der Waals surface area (Å²) in [6, 6.07) is 23.0. The Bertz CT molecular complexity index is 1260. The fourth-order valence-corrected chi connectivity index (χ4v) is 5.52. The van der Waals surface area contributed by atoms with E-state index in [1.54, 1.807) is 6.07 Å². The number of benzene rings is 3. The summed E-state index contributed by atoms with van der Waals surface area (Å²) < 4.78 is 19.8. The van der Waals surface area contributed by atoms with Crippen molar-refractivity contribution >= 4 is 17.7 Å². The molecule has 8 heteroatoms. The van der Waals surface area contributed by atoms with E-state index in [-0.39, 0.29) is 18.3 Å². The third-order valence-electron chi connectivity index (χ3n) is 7.61. The molecule has 1 saturated heterocycles. The van der Waals surface area contributed by atoms with E-state index < -0.39 is 23.7 Å². The van der Waals surface area contributed by atoms with Crippen molar-refractivity contribution in [2.75, 3.05) is 31.6 Å². The molecule has 2 amide bonds. The number of rotatable bonds is 8. The number of fused-ring (bicyclic) bond motifs is 2. The Kier molecular flexibility index (Phi) is 7.72. The number of likely N-dealkylation sites (tertiary alicyclic amines) is 1. The van der Waals surface area contributed by atoms with Gasteiger partial charge in [-0.25, -0.2) is 9.18 Å². The van der Waals surface area contributed by atoms with Gasteiger partial charge in [-0.2, -0.15) is 0 Å². The minimum absolute atomic E-state index is 0.135. The molecule has 0 bridgehead atoms. The number of amides is 2. The third kappa shape index (κ3) is 5.56. The van der Waals surface area contributed by atoms with Gasteiger partial charge in [0.1, 0.15) is 11.4 Å². The van der Waals surface area contributed by atoms with E-state index in [4.69, 9.17) is 4.74 Å². The van der Waals surface area contributed by atoms with Crippen LogP contribution in [0.15, 0.2) is 78.9 Å². The van der Waals surface area contributed by atoms with Crippen molar-refractivity contribution in [1.82, 2.24) is 10.2 Å². The van der Waals surface area contributed by atoms with Crippen LogP contribution < -0.4 is 10.6 Å². The molecule has 2 atom stereocenters. The molecule has 7 nitrogen and oxygen atoms in total. The molecule has 3 aromatic rings. The second-order valence-corrected chi connectivity index (χ2v) is 9.95. The first-order valence-electron chi connectivity index (χ1n) is 13.0. The summed E-state index contributed by atoms with van der Waals surface area (Å²) in [6.07, 6.45) is 1.15. The van der Waals surface area contributed by atoms with Gasteiger partial charge in [0.05, 0.1) is 24.3 Å². The second-order valence-electron chi connectivity index (χ2n) is 9.95. The van der Waals surface area contributed by atoms with Crippen molar-refractivity contribution in [3.05, 3.63) is 101 Å². The fourth-order valence-electron chi connectivity index (χ4n) is 5.52. The van der Waals surface area contributed by atoms with Crippen LogP contribution in [-0.2, 0) is 15.1 Å². The number of hydrogen-bond acceptors (Lipinski definition) is 5. The van der Waals surface area contributed by atoms with Crippen LogP contribution in [0.1, 0.15) is 47.9 Å². The van der Waals surface area contributed by atoms with E-state index in [1.165, 1.54) is 12.1 Å². The quantitative estimate of drug-likeness (QED) is 0.403. The Morgan fingerprint density at radius 2 is 1.68 bits per heavy atom. The zero-order valence-electron chi connectivity index (χ0n) is 21.1. The third-order valence-corrected chi connectivity index (χ3v) is 7.61. The molecule has 2 aliphatic heterocycles. The summed E-state index contributed by atoms with van der Waals surface area (Å²) in [5.74, 6) is -0.889. The predicted molar refractivity (Wildman–Crippen MR) is 142 cm³/mol. The SMILES string of the molecule is O=C1Nc2ccc(F)cc2C2(CCN(CCC(C(=O)N[C@@H](CO)c3ccccc3)c3ccccc3)CC2)O1. The van der Waals surface area contributed by atoms with Crippen LogP contribution in [0.5, 0.6) is 0 Å². The monoisotopic (exact) mass is 517 g/mol. The van der Waals surface area contributed by atoms with Crippen LogP contribution in [0, 0.1) is 5.82 Å². The molecule has 2 aliphatic rings. The summed E-state index contributed by atoms with van der Waals surface area (Å²) in [6.45, 7) is 1.77. The van der Waals surface area contributed by atoms with E-state index >= 15 is 0 Å². The smallest absolute Gasteiger partial charge is 0.412 e. The topological polar surface area (TPSA) is 90.9 Å². The first kappa shape index (κ1) is 25.9. The molecule has 2 heterocycles. The molecule has 0 saturated carbocycles. The molecule has 198 valence electrons. The molecule has 0 aromatic heterocycles. The van der Waals surface area contributed by atoms with E-state index in [1.807, 2.05) is 60.7 Å². The van der Waals surface area contributed by atoms with Gasteiger partial charge >= 0.3 is 6.09 Å². The van der Waals surface area contributed by atoms with Crippen LogP contribution in [0.4, 0.5) is 14.9 Å². The van der Waals surface area contributed by atoms with E-state index in [9.17, 15) is 19.1 Å². The number of carbonyl (C=O) groups is 2. The number of aliphatic hydroxyl groups excluding tert-OH is 1. The van der Waals surface area contributed by atoms with Crippen molar-refractivity contribution in [2.45, 2.75) is 36.8 Å². The van der Waals surface area contributed by atoms with Gasteiger partial charge < -0.3 is 20.1 Å². The van der Waals surface area contributed by atoms with Crippen molar-refractivity contribution in [2.24, 2.45) is 0 Å². The number of carbonyl (C=O) groups excluding carboxylic acids is 2. The fraction of sp³-hybridized carbons (Fsp3) is 0.333. The maximum absolute atomic E-state index is 14.0. The summed E-state index contributed by atoms with van der Waals surface area (Å²) in [7, 11) is 0. The lowest BCUT2D eigenvalue weighted by atomic mass is 9.82. The maximum atomic E-state index is 14.0. The Morgan fingerprint density at radius 3 is 2.34 bits per heavy atom. The van der Waals surface area contributed by atoms with Crippen LogP contribution in [0.2, 0.25) is 0 Å². The van der Waals surface area contributed by atoms with Gasteiger partial charge in [0.2, 0.25) is 5.91 Å². The summed E-state index contributed by atoms with van der Waals surface area (Å²) in [5, 5.41) is 15.7. The van der Waals surface area contributed by atoms with Gasteiger partial charge in [-0.3, -0.25) is 10.1 Å². The molecule has 0 radical (unpaired) electrons. The average Bonchev–Trinajstić information content (AvgIpc) is 2.94. The number of anilines is 1. The second kappa shape index (κ2) is 11.3. The molecule has 3 aromatic carbocycles. The predicted octanol–water partition coefficient (Wildman–Crippen LogP) is 4.70. The van der Waals surface area contributed by atoms with Gasteiger partial charge in [0.15, 0.2) is 0 Å². The normalized spacial score (nSPS) is 18.1.